The van der Waals surface area contributed by atoms with Gasteiger partial charge in [-0.15, -0.1) is 6.42 Å². The molecule has 13 heavy (non-hydrogen) atoms. The van der Waals surface area contributed by atoms with E-state index in [9.17, 15) is 4.79 Å². The van der Waals surface area contributed by atoms with E-state index in [-0.39, 0.29) is 13.1 Å². The summed E-state index contributed by atoms with van der Waals surface area (Å²) in [6, 6.07) is 1.60. The Morgan fingerprint density at radius 3 is 2.69 bits per heavy atom. The third kappa shape index (κ3) is 4.15. The highest BCUT2D eigenvalue weighted by Gasteiger charge is 2.17. The van der Waals surface area contributed by atoms with Crippen molar-refractivity contribution in [1.29, 1.82) is 5.26 Å². The first kappa shape index (κ1) is 11.5. The first-order chi connectivity index (χ1) is 6.15. The third-order valence-corrected chi connectivity index (χ3v) is 1.61. The first-order valence-corrected chi connectivity index (χ1v) is 3.94. The molecular formula is C9H12N2O2. The molecule has 0 fully saturated rings. The van der Waals surface area contributed by atoms with Gasteiger partial charge in [0.15, 0.2) is 0 Å². The lowest BCUT2D eigenvalue weighted by Crippen LogP contribution is -2.38. The van der Waals surface area contributed by atoms with Crippen molar-refractivity contribution in [3.63, 3.8) is 0 Å². The van der Waals surface area contributed by atoms with Crippen LogP contribution in [0.5, 0.6) is 0 Å². The Morgan fingerprint density at radius 1 is 1.77 bits per heavy atom. The SMILES string of the molecule is C#CCN(CC(=O)O)C(C#N)CC. The number of terminal acetylenes is 1. The molecule has 0 aromatic rings. The molecule has 70 valence electrons. The van der Waals surface area contributed by atoms with Crippen molar-refractivity contribution in [3.05, 3.63) is 0 Å². The summed E-state index contributed by atoms with van der Waals surface area (Å²) in [7, 11) is 0. The van der Waals surface area contributed by atoms with Gasteiger partial charge in [0.25, 0.3) is 0 Å². The van der Waals surface area contributed by atoms with Crippen molar-refractivity contribution in [2.75, 3.05) is 13.1 Å². The Kier molecular flexibility index (Phi) is 5.34. The van der Waals surface area contributed by atoms with Crippen LogP contribution in [0.4, 0.5) is 0 Å². The Hall–Kier alpha value is -1.52. The minimum Gasteiger partial charge on any atom is -0.480 e. The molecule has 0 aromatic heterocycles. The van der Waals surface area contributed by atoms with E-state index in [4.69, 9.17) is 16.8 Å². The van der Waals surface area contributed by atoms with E-state index in [0.29, 0.717) is 6.42 Å². The molecule has 4 nitrogen and oxygen atoms in total. The number of hydrogen-bond donors (Lipinski definition) is 1. The lowest BCUT2D eigenvalue weighted by Gasteiger charge is -2.21. The Balaban J connectivity index is 4.32. The molecule has 0 saturated heterocycles. The standard InChI is InChI=1S/C9H12N2O2/c1-3-5-11(7-9(12)13)8(4-2)6-10/h1,8H,4-5,7H2,2H3,(H,12,13). The van der Waals surface area contributed by atoms with Gasteiger partial charge < -0.3 is 5.11 Å². The second-order valence-corrected chi connectivity index (χ2v) is 2.56. The molecule has 0 amide bonds. The molecule has 0 rings (SSSR count). The molecule has 0 aromatic carbocycles. The van der Waals surface area contributed by atoms with Crippen molar-refractivity contribution < 1.29 is 9.90 Å². The van der Waals surface area contributed by atoms with Gasteiger partial charge >= 0.3 is 5.97 Å². The molecule has 0 aliphatic rings. The van der Waals surface area contributed by atoms with Crippen LogP contribution in [0.25, 0.3) is 0 Å². The molecule has 0 saturated carbocycles. The molecule has 1 N–H and O–H groups in total. The smallest absolute Gasteiger partial charge is 0.317 e. The number of carbonyl (C=O) groups is 1. The summed E-state index contributed by atoms with van der Waals surface area (Å²) < 4.78 is 0. The third-order valence-electron chi connectivity index (χ3n) is 1.61. The summed E-state index contributed by atoms with van der Waals surface area (Å²) in [5, 5.41) is 17.2. The van der Waals surface area contributed by atoms with Crippen molar-refractivity contribution in [2.45, 2.75) is 19.4 Å². The fourth-order valence-electron chi connectivity index (χ4n) is 0.998. The summed E-state index contributed by atoms with van der Waals surface area (Å²) in [5.41, 5.74) is 0. The van der Waals surface area contributed by atoms with Gasteiger partial charge in [-0.3, -0.25) is 9.69 Å². The molecule has 0 aliphatic carbocycles. The Morgan fingerprint density at radius 2 is 2.38 bits per heavy atom. The van der Waals surface area contributed by atoms with Gasteiger partial charge in [-0.05, 0) is 6.42 Å². The van der Waals surface area contributed by atoms with Gasteiger partial charge in [0.05, 0.1) is 25.2 Å². The van der Waals surface area contributed by atoms with Crippen LogP contribution in [-0.2, 0) is 4.79 Å². The number of aliphatic carboxylic acids is 1. The van der Waals surface area contributed by atoms with Crippen molar-refractivity contribution in [1.82, 2.24) is 4.90 Å². The highest BCUT2D eigenvalue weighted by molar-refractivity contribution is 5.69. The maximum absolute atomic E-state index is 10.4. The van der Waals surface area contributed by atoms with Crippen molar-refractivity contribution in [2.24, 2.45) is 0 Å². The van der Waals surface area contributed by atoms with Gasteiger partial charge in [0, 0.05) is 0 Å². The molecule has 0 bridgehead atoms. The molecule has 0 aliphatic heterocycles. The Bertz CT molecular complexity index is 249. The quantitative estimate of drug-likeness (QED) is 0.618. The molecule has 1 atom stereocenters. The van der Waals surface area contributed by atoms with Gasteiger partial charge in [-0.1, -0.05) is 12.8 Å². The number of nitriles is 1. The van der Waals surface area contributed by atoms with Crippen LogP contribution in [0.2, 0.25) is 0 Å². The summed E-state index contributed by atoms with van der Waals surface area (Å²) in [5.74, 6) is 1.37. The maximum Gasteiger partial charge on any atom is 0.317 e. The minimum absolute atomic E-state index is 0.184. The van der Waals surface area contributed by atoms with E-state index >= 15 is 0 Å². The zero-order chi connectivity index (χ0) is 10.3. The maximum atomic E-state index is 10.4. The minimum atomic E-state index is -0.969. The van der Waals surface area contributed by atoms with Crippen LogP contribution in [0.3, 0.4) is 0 Å². The number of carboxylic acid groups (broad SMARTS) is 1. The topological polar surface area (TPSA) is 64.3 Å². The van der Waals surface area contributed by atoms with E-state index in [0.717, 1.165) is 0 Å². The van der Waals surface area contributed by atoms with Crippen LogP contribution < -0.4 is 0 Å². The van der Waals surface area contributed by atoms with Gasteiger partial charge in [0.2, 0.25) is 0 Å². The van der Waals surface area contributed by atoms with Crippen LogP contribution in [0.15, 0.2) is 0 Å². The van der Waals surface area contributed by atoms with Crippen molar-refractivity contribution in [3.8, 4) is 18.4 Å². The van der Waals surface area contributed by atoms with Gasteiger partial charge in [-0.25, -0.2) is 0 Å². The highest BCUT2D eigenvalue weighted by Crippen LogP contribution is 2.01. The predicted octanol–water partition coefficient (Wildman–Crippen LogP) is 0.308. The first-order valence-electron chi connectivity index (χ1n) is 3.94. The molecular weight excluding hydrogens is 168 g/mol. The molecule has 4 heteroatoms. The normalized spacial score (nSPS) is 11.7. The van der Waals surface area contributed by atoms with E-state index in [2.05, 4.69) is 5.92 Å². The highest BCUT2D eigenvalue weighted by atomic mass is 16.4. The average Bonchev–Trinajstić information content (AvgIpc) is 2.05. The number of hydrogen-bond acceptors (Lipinski definition) is 3. The predicted molar refractivity (Wildman–Crippen MR) is 47.7 cm³/mol. The lowest BCUT2D eigenvalue weighted by molar-refractivity contribution is -0.138. The van der Waals surface area contributed by atoms with E-state index in [1.54, 1.807) is 0 Å². The second kappa shape index (κ2) is 6.05. The van der Waals surface area contributed by atoms with Crippen molar-refractivity contribution >= 4 is 5.97 Å². The number of nitrogens with zero attached hydrogens (tertiary/aromatic N) is 2. The van der Waals surface area contributed by atoms with Gasteiger partial charge in [0.1, 0.15) is 0 Å². The van der Waals surface area contributed by atoms with E-state index in [1.165, 1.54) is 4.90 Å². The summed E-state index contributed by atoms with van der Waals surface area (Å²) in [6.45, 7) is 1.83. The van der Waals surface area contributed by atoms with Gasteiger partial charge in [-0.2, -0.15) is 5.26 Å². The summed E-state index contributed by atoms with van der Waals surface area (Å²) in [4.78, 5) is 11.9. The zero-order valence-electron chi connectivity index (χ0n) is 7.53. The second-order valence-electron chi connectivity index (χ2n) is 2.56. The molecule has 1 unspecified atom stereocenters. The molecule has 0 heterocycles. The average molecular weight is 180 g/mol. The van der Waals surface area contributed by atoms with Crippen LogP contribution in [0.1, 0.15) is 13.3 Å². The fraction of sp³-hybridized carbons (Fsp3) is 0.556. The molecule has 0 spiro atoms. The lowest BCUT2D eigenvalue weighted by atomic mass is 10.2. The number of carboxylic acids is 1. The monoisotopic (exact) mass is 180 g/mol. The van der Waals surface area contributed by atoms with Crippen LogP contribution in [0, 0.1) is 23.7 Å². The summed E-state index contributed by atoms with van der Waals surface area (Å²) in [6.07, 6.45) is 5.63. The Labute approximate surface area is 77.8 Å². The number of rotatable bonds is 5. The van der Waals surface area contributed by atoms with E-state index < -0.39 is 12.0 Å². The largest absolute Gasteiger partial charge is 0.480 e. The van der Waals surface area contributed by atoms with Crippen LogP contribution >= 0.6 is 0 Å². The zero-order valence-corrected chi connectivity index (χ0v) is 7.53. The fourth-order valence-corrected chi connectivity index (χ4v) is 0.998. The van der Waals surface area contributed by atoms with Crippen LogP contribution in [-0.4, -0.2) is 35.1 Å². The van der Waals surface area contributed by atoms with E-state index in [1.807, 2.05) is 13.0 Å². The molecule has 0 radical (unpaired) electrons. The summed E-state index contributed by atoms with van der Waals surface area (Å²) >= 11 is 0.